The van der Waals surface area contributed by atoms with E-state index in [0.717, 1.165) is 19.4 Å². The molecule has 2 atom stereocenters. The summed E-state index contributed by atoms with van der Waals surface area (Å²) in [5.41, 5.74) is 0. The number of nitrogens with one attached hydrogen (secondary N) is 1. The van der Waals surface area contributed by atoms with Crippen molar-refractivity contribution < 1.29 is 9.47 Å². The first-order valence-electron chi connectivity index (χ1n) is 5.58. The minimum atomic E-state index is 0.198. The Morgan fingerprint density at radius 2 is 2.20 bits per heavy atom. The zero-order valence-corrected chi connectivity index (χ0v) is 9.37. The average Bonchev–Trinajstić information content (AvgIpc) is 2.70. The monoisotopic (exact) mass is 212 g/mol. The van der Waals surface area contributed by atoms with Crippen LogP contribution in [0.25, 0.3) is 0 Å². The Bertz CT molecular complexity index is 203. The van der Waals surface area contributed by atoms with Gasteiger partial charge in [-0.15, -0.1) is 0 Å². The lowest BCUT2D eigenvalue weighted by molar-refractivity contribution is 0.0708. The summed E-state index contributed by atoms with van der Waals surface area (Å²) in [4.78, 5) is 0. The lowest BCUT2D eigenvalue weighted by Gasteiger charge is -2.15. The number of rotatable bonds is 7. The highest BCUT2D eigenvalue weighted by molar-refractivity contribution is 4.96. The molecule has 1 aliphatic carbocycles. The van der Waals surface area contributed by atoms with Crippen molar-refractivity contribution in [3.05, 3.63) is 0 Å². The van der Waals surface area contributed by atoms with Gasteiger partial charge < -0.3 is 14.8 Å². The van der Waals surface area contributed by atoms with Gasteiger partial charge in [0.1, 0.15) is 0 Å². The zero-order chi connectivity index (χ0) is 10.9. The van der Waals surface area contributed by atoms with E-state index in [2.05, 4.69) is 11.4 Å². The van der Waals surface area contributed by atoms with Crippen LogP contribution in [-0.2, 0) is 9.47 Å². The van der Waals surface area contributed by atoms with Crippen LogP contribution in [-0.4, -0.2) is 39.5 Å². The van der Waals surface area contributed by atoms with Crippen molar-refractivity contribution in [1.82, 2.24) is 5.32 Å². The van der Waals surface area contributed by atoms with Gasteiger partial charge in [0.15, 0.2) is 0 Å². The van der Waals surface area contributed by atoms with Crippen LogP contribution in [0.1, 0.15) is 19.3 Å². The van der Waals surface area contributed by atoms with Crippen LogP contribution in [0.15, 0.2) is 0 Å². The summed E-state index contributed by atoms with van der Waals surface area (Å²) in [6.07, 6.45) is 3.33. The van der Waals surface area contributed by atoms with Crippen LogP contribution in [0.5, 0.6) is 0 Å². The SMILES string of the molecule is COCCOCCNC1CCCC1C#N. The number of ether oxygens (including phenoxy) is 2. The van der Waals surface area contributed by atoms with Crippen LogP contribution in [0.2, 0.25) is 0 Å². The fourth-order valence-corrected chi connectivity index (χ4v) is 1.92. The smallest absolute Gasteiger partial charge is 0.0700 e. The topological polar surface area (TPSA) is 54.3 Å². The van der Waals surface area contributed by atoms with Gasteiger partial charge in [-0.25, -0.2) is 0 Å². The van der Waals surface area contributed by atoms with Gasteiger partial charge in [0.05, 0.1) is 31.8 Å². The van der Waals surface area contributed by atoms with E-state index in [1.807, 2.05) is 0 Å². The molecular formula is C11H20N2O2. The highest BCUT2D eigenvalue weighted by Crippen LogP contribution is 2.24. The van der Waals surface area contributed by atoms with Gasteiger partial charge >= 0.3 is 0 Å². The van der Waals surface area contributed by atoms with Gasteiger partial charge in [-0.2, -0.15) is 5.26 Å². The number of hydrogen-bond acceptors (Lipinski definition) is 4. The fourth-order valence-electron chi connectivity index (χ4n) is 1.92. The van der Waals surface area contributed by atoms with Gasteiger partial charge in [-0.1, -0.05) is 6.42 Å². The Hall–Kier alpha value is -0.630. The van der Waals surface area contributed by atoms with E-state index in [4.69, 9.17) is 14.7 Å². The summed E-state index contributed by atoms with van der Waals surface area (Å²) in [7, 11) is 1.66. The Morgan fingerprint density at radius 1 is 1.33 bits per heavy atom. The van der Waals surface area contributed by atoms with Crippen molar-refractivity contribution in [1.29, 1.82) is 5.26 Å². The second-order valence-corrected chi connectivity index (χ2v) is 3.83. The van der Waals surface area contributed by atoms with Gasteiger partial charge in [0.25, 0.3) is 0 Å². The predicted molar refractivity (Wildman–Crippen MR) is 57.4 cm³/mol. The second kappa shape index (κ2) is 7.63. The molecule has 0 heterocycles. The molecule has 0 aromatic carbocycles. The molecule has 0 bridgehead atoms. The summed E-state index contributed by atoms with van der Waals surface area (Å²) in [6, 6.07) is 2.73. The third kappa shape index (κ3) is 4.61. The molecule has 86 valence electrons. The first-order chi connectivity index (χ1) is 7.38. The van der Waals surface area contributed by atoms with E-state index < -0.39 is 0 Å². The Kier molecular flexibility index (Phi) is 6.33. The molecule has 0 saturated heterocycles. The molecule has 0 spiro atoms. The van der Waals surface area contributed by atoms with E-state index in [9.17, 15) is 0 Å². The first-order valence-corrected chi connectivity index (χ1v) is 5.58. The molecule has 0 aromatic rings. The summed E-state index contributed by atoms with van der Waals surface area (Å²) in [5, 5.41) is 12.2. The summed E-state index contributed by atoms with van der Waals surface area (Å²) >= 11 is 0. The fraction of sp³-hybridized carbons (Fsp3) is 0.909. The molecule has 4 heteroatoms. The van der Waals surface area contributed by atoms with E-state index >= 15 is 0 Å². The van der Waals surface area contributed by atoms with Gasteiger partial charge in [-0.05, 0) is 12.8 Å². The molecule has 1 aliphatic rings. The molecule has 2 unspecified atom stereocenters. The largest absolute Gasteiger partial charge is 0.382 e. The maximum Gasteiger partial charge on any atom is 0.0700 e. The third-order valence-electron chi connectivity index (χ3n) is 2.77. The van der Waals surface area contributed by atoms with Gasteiger partial charge in [0, 0.05) is 19.7 Å². The molecule has 1 N–H and O–H groups in total. The van der Waals surface area contributed by atoms with Crippen molar-refractivity contribution in [2.24, 2.45) is 5.92 Å². The van der Waals surface area contributed by atoms with Crippen molar-refractivity contribution in [2.75, 3.05) is 33.5 Å². The highest BCUT2D eigenvalue weighted by Gasteiger charge is 2.25. The Morgan fingerprint density at radius 3 is 2.93 bits per heavy atom. The summed E-state index contributed by atoms with van der Waals surface area (Å²) in [5.74, 6) is 0.198. The van der Waals surface area contributed by atoms with Crippen LogP contribution in [0.3, 0.4) is 0 Å². The van der Waals surface area contributed by atoms with E-state index in [1.54, 1.807) is 7.11 Å². The molecule has 4 nitrogen and oxygen atoms in total. The predicted octanol–water partition coefficient (Wildman–Crippen LogP) is 0.931. The van der Waals surface area contributed by atoms with E-state index in [0.29, 0.717) is 25.9 Å². The van der Waals surface area contributed by atoms with E-state index in [-0.39, 0.29) is 5.92 Å². The van der Waals surface area contributed by atoms with Crippen LogP contribution in [0.4, 0.5) is 0 Å². The molecule has 0 aromatic heterocycles. The average molecular weight is 212 g/mol. The van der Waals surface area contributed by atoms with Crippen LogP contribution in [0, 0.1) is 17.2 Å². The molecule has 15 heavy (non-hydrogen) atoms. The van der Waals surface area contributed by atoms with Crippen molar-refractivity contribution in [3.8, 4) is 6.07 Å². The maximum absolute atomic E-state index is 8.87. The number of nitriles is 1. The minimum absolute atomic E-state index is 0.198. The third-order valence-corrected chi connectivity index (χ3v) is 2.77. The highest BCUT2D eigenvalue weighted by atomic mass is 16.5. The van der Waals surface area contributed by atoms with Crippen molar-refractivity contribution in [2.45, 2.75) is 25.3 Å². The zero-order valence-electron chi connectivity index (χ0n) is 9.37. The summed E-state index contributed by atoms with van der Waals surface area (Å²) in [6.45, 7) is 2.80. The first kappa shape index (κ1) is 12.4. The normalized spacial score (nSPS) is 25.3. The molecule has 0 aliphatic heterocycles. The number of nitrogens with zero attached hydrogens (tertiary/aromatic N) is 1. The van der Waals surface area contributed by atoms with Crippen LogP contribution < -0.4 is 5.32 Å². The number of hydrogen-bond donors (Lipinski definition) is 1. The lowest BCUT2D eigenvalue weighted by Crippen LogP contribution is -2.34. The van der Waals surface area contributed by atoms with Gasteiger partial charge in [0.2, 0.25) is 0 Å². The minimum Gasteiger partial charge on any atom is -0.382 e. The Balaban J connectivity index is 1.98. The molecule has 1 saturated carbocycles. The standard InChI is InChI=1S/C11H20N2O2/c1-14-7-8-15-6-5-13-11-4-2-3-10(11)9-12/h10-11,13H,2-8H2,1H3. The van der Waals surface area contributed by atoms with Gasteiger partial charge in [-0.3, -0.25) is 0 Å². The van der Waals surface area contributed by atoms with E-state index in [1.165, 1.54) is 6.42 Å². The Labute approximate surface area is 91.6 Å². The molecule has 1 rings (SSSR count). The lowest BCUT2D eigenvalue weighted by atomic mass is 10.1. The molecule has 1 fully saturated rings. The number of methoxy groups -OCH3 is 1. The van der Waals surface area contributed by atoms with Crippen molar-refractivity contribution in [3.63, 3.8) is 0 Å². The second-order valence-electron chi connectivity index (χ2n) is 3.83. The molecular weight excluding hydrogens is 192 g/mol. The quantitative estimate of drug-likeness (QED) is 0.638. The molecule has 0 amide bonds. The molecule has 0 radical (unpaired) electrons. The summed E-state index contributed by atoms with van der Waals surface area (Å²) < 4.78 is 10.2. The van der Waals surface area contributed by atoms with Crippen molar-refractivity contribution >= 4 is 0 Å². The maximum atomic E-state index is 8.87. The van der Waals surface area contributed by atoms with Crippen LogP contribution >= 0.6 is 0 Å².